The molecule has 0 unspecified atom stereocenters. The van der Waals surface area contributed by atoms with Crippen LogP contribution < -0.4 is 5.73 Å². The second-order valence-electron chi connectivity index (χ2n) is 6.17. The first kappa shape index (κ1) is 14.4. The lowest BCUT2D eigenvalue weighted by molar-refractivity contribution is 0.0710. The third-order valence-corrected chi connectivity index (χ3v) is 4.68. The van der Waals surface area contributed by atoms with Crippen LogP contribution in [-0.4, -0.2) is 42.3 Å². The van der Waals surface area contributed by atoms with E-state index in [0.717, 1.165) is 42.8 Å². The number of nitrogens with two attached hydrogens (primary N) is 1. The van der Waals surface area contributed by atoms with Gasteiger partial charge in [-0.2, -0.15) is 5.10 Å². The fourth-order valence-electron chi connectivity index (χ4n) is 3.45. The maximum absolute atomic E-state index is 6.17. The van der Waals surface area contributed by atoms with Crippen molar-refractivity contribution >= 4 is 22.6 Å². The highest BCUT2D eigenvalue weighted by atomic mass is 16.5. The van der Waals surface area contributed by atoms with Crippen LogP contribution in [-0.2, 0) is 4.74 Å². The van der Waals surface area contributed by atoms with Crippen molar-refractivity contribution in [3.8, 4) is 11.4 Å². The molecule has 5 rings (SSSR count). The highest BCUT2D eigenvalue weighted by Crippen LogP contribution is 2.29. The van der Waals surface area contributed by atoms with Gasteiger partial charge in [-0.05, 0) is 25.0 Å². The number of ether oxygens (including phenoxy) is 1. The number of hydrogen-bond acceptors (Lipinski definition) is 6. The zero-order valence-corrected chi connectivity index (χ0v) is 13.5. The molecule has 4 aromatic heterocycles. The molecule has 1 fully saturated rings. The van der Waals surface area contributed by atoms with Crippen LogP contribution in [0.3, 0.4) is 0 Å². The van der Waals surface area contributed by atoms with E-state index < -0.39 is 0 Å². The van der Waals surface area contributed by atoms with Crippen LogP contribution in [0.4, 0.5) is 5.95 Å². The Balaban J connectivity index is 1.68. The topological polar surface area (TPSA) is 96.1 Å². The fourth-order valence-corrected chi connectivity index (χ4v) is 3.45. The van der Waals surface area contributed by atoms with Crippen molar-refractivity contribution in [2.24, 2.45) is 0 Å². The molecule has 0 radical (unpaired) electrons. The minimum absolute atomic E-state index is 0.255. The van der Waals surface area contributed by atoms with E-state index >= 15 is 0 Å². The molecule has 0 atom stereocenters. The summed E-state index contributed by atoms with van der Waals surface area (Å²) >= 11 is 0. The lowest BCUT2D eigenvalue weighted by Crippen LogP contribution is -2.21. The van der Waals surface area contributed by atoms with Gasteiger partial charge in [0, 0.05) is 25.5 Å². The van der Waals surface area contributed by atoms with Crippen molar-refractivity contribution in [3.63, 3.8) is 0 Å². The molecule has 1 saturated heterocycles. The molecule has 1 aliphatic rings. The minimum Gasteiger partial charge on any atom is -0.381 e. The number of hydrogen-bond donors (Lipinski definition) is 1. The van der Waals surface area contributed by atoms with Gasteiger partial charge in [0.1, 0.15) is 5.52 Å². The van der Waals surface area contributed by atoms with Crippen LogP contribution in [0.15, 0.2) is 36.8 Å². The number of nitrogen functional groups attached to an aromatic ring is 1. The van der Waals surface area contributed by atoms with E-state index in [1.165, 1.54) is 0 Å². The molecule has 8 heteroatoms. The summed E-state index contributed by atoms with van der Waals surface area (Å²) < 4.78 is 9.30. The van der Waals surface area contributed by atoms with Gasteiger partial charge in [-0.25, -0.2) is 19.5 Å². The first-order valence-electron chi connectivity index (χ1n) is 8.32. The summed E-state index contributed by atoms with van der Waals surface area (Å²) in [6.07, 6.45) is 7.24. The van der Waals surface area contributed by atoms with Crippen LogP contribution in [0.2, 0.25) is 0 Å². The summed E-state index contributed by atoms with van der Waals surface area (Å²) in [7, 11) is 0. The molecule has 0 spiro atoms. The van der Waals surface area contributed by atoms with Gasteiger partial charge in [0.2, 0.25) is 5.95 Å². The highest BCUT2D eigenvalue weighted by molar-refractivity contribution is 5.80. The van der Waals surface area contributed by atoms with E-state index in [9.17, 15) is 0 Å². The normalized spacial score (nSPS) is 16.0. The average Bonchev–Trinajstić information content (AvgIpc) is 3.22. The van der Waals surface area contributed by atoms with Crippen LogP contribution in [0.25, 0.3) is 28.1 Å². The van der Waals surface area contributed by atoms with E-state index in [-0.39, 0.29) is 6.04 Å². The van der Waals surface area contributed by atoms with Gasteiger partial charge in [0.15, 0.2) is 11.5 Å². The lowest BCUT2D eigenvalue weighted by Gasteiger charge is -2.24. The number of anilines is 1. The van der Waals surface area contributed by atoms with Crippen LogP contribution >= 0.6 is 0 Å². The summed E-state index contributed by atoms with van der Waals surface area (Å²) in [5, 5.41) is 4.37. The average molecular weight is 335 g/mol. The number of fused-ring (bicyclic) bond motifs is 2. The fraction of sp³-hybridized carbons (Fsp3) is 0.294. The molecule has 5 heterocycles. The Bertz CT molecular complexity index is 1060. The third kappa shape index (κ3) is 2.25. The number of nitrogens with zero attached hydrogens (tertiary/aromatic N) is 6. The van der Waals surface area contributed by atoms with Gasteiger partial charge in [-0.15, -0.1) is 0 Å². The molecule has 0 bridgehead atoms. The molecule has 1 aliphatic heterocycles. The highest BCUT2D eigenvalue weighted by Gasteiger charge is 2.22. The molecule has 0 amide bonds. The molecule has 0 aliphatic carbocycles. The number of imidazole rings is 1. The smallest absolute Gasteiger partial charge is 0.202 e. The van der Waals surface area contributed by atoms with Gasteiger partial charge in [-0.3, -0.25) is 4.57 Å². The summed E-state index contributed by atoms with van der Waals surface area (Å²) in [5.41, 5.74) is 9.51. The Hall–Kier alpha value is -3.00. The third-order valence-electron chi connectivity index (χ3n) is 4.68. The molecule has 0 aromatic carbocycles. The Kier molecular flexibility index (Phi) is 3.17. The lowest BCUT2D eigenvalue weighted by atomic mass is 10.1. The van der Waals surface area contributed by atoms with E-state index in [0.29, 0.717) is 17.3 Å². The SMILES string of the molecule is Nc1nc2cnc(-c3cnn4ccccc34)nc2n1C1CCOCC1. The van der Waals surface area contributed by atoms with Gasteiger partial charge in [-0.1, -0.05) is 6.07 Å². The van der Waals surface area contributed by atoms with Crippen molar-refractivity contribution in [3.05, 3.63) is 36.8 Å². The Morgan fingerprint density at radius 2 is 2.00 bits per heavy atom. The maximum atomic E-state index is 6.17. The van der Waals surface area contributed by atoms with Gasteiger partial charge >= 0.3 is 0 Å². The number of pyridine rings is 1. The van der Waals surface area contributed by atoms with E-state index in [2.05, 4.69) is 15.1 Å². The van der Waals surface area contributed by atoms with Crippen molar-refractivity contribution in [2.75, 3.05) is 18.9 Å². The van der Waals surface area contributed by atoms with Crippen molar-refractivity contribution in [1.82, 2.24) is 29.1 Å². The molecular formula is C17H17N7O. The Morgan fingerprint density at radius 3 is 2.88 bits per heavy atom. The summed E-state index contributed by atoms with van der Waals surface area (Å²) in [4.78, 5) is 13.7. The molecule has 2 N–H and O–H groups in total. The summed E-state index contributed by atoms with van der Waals surface area (Å²) in [6, 6.07) is 6.17. The molecule has 0 saturated carbocycles. The van der Waals surface area contributed by atoms with Crippen LogP contribution in [0.5, 0.6) is 0 Å². The van der Waals surface area contributed by atoms with E-state index in [4.69, 9.17) is 15.5 Å². The molecule has 8 nitrogen and oxygen atoms in total. The zero-order valence-electron chi connectivity index (χ0n) is 13.5. The Labute approximate surface area is 143 Å². The first-order valence-corrected chi connectivity index (χ1v) is 8.32. The summed E-state index contributed by atoms with van der Waals surface area (Å²) in [5.74, 6) is 1.11. The van der Waals surface area contributed by atoms with Gasteiger partial charge < -0.3 is 10.5 Å². The second kappa shape index (κ2) is 5.52. The van der Waals surface area contributed by atoms with Crippen LogP contribution in [0.1, 0.15) is 18.9 Å². The van der Waals surface area contributed by atoms with Crippen LogP contribution in [0, 0.1) is 0 Å². The zero-order chi connectivity index (χ0) is 16.8. The van der Waals surface area contributed by atoms with Crippen molar-refractivity contribution in [2.45, 2.75) is 18.9 Å². The second-order valence-corrected chi connectivity index (χ2v) is 6.17. The monoisotopic (exact) mass is 335 g/mol. The molecule has 4 aromatic rings. The number of aromatic nitrogens is 6. The van der Waals surface area contributed by atoms with E-state index in [1.807, 2.05) is 33.5 Å². The molecule has 126 valence electrons. The summed E-state index contributed by atoms with van der Waals surface area (Å²) in [6.45, 7) is 1.46. The Morgan fingerprint density at radius 1 is 1.12 bits per heavy atom. The minimum atomic E-state index is 0.255. The quantitative estimate of drug-likeness (QED) is 0.602. The first-order chi connectivity index (χ1) is 12.3. The van der Waals surface area contributed by atoms with Crippen molar-refractivity contribution < 1.29 is 4.74 Å². The standard InChI is InChI=1S/C17H17N7O/c18-17-21-13-10-19-15(12-9-20-23-6-2-1-3-14(12)23)22-16(13)24(17)11-4-7-25-8-5-11/h1-3,6,9-11H,4-5,7-8H2,(H2,18,21). The molecular weight excluding hydrogens is 318 g/mol. The molecule has 25 heavy (non-hydrogen) atoms. The predicted molar refractivity (Wildman–Crippen MR) is 93.0 cm³/mol. The van der Waals surface area contributed by atoms with Crippen molar-refractivity contribution in [1.29, 1.82) is 0 Å². The van der Waals surface area contributed by atoms with Gasteiger partial charge in [0.25, 0.3) is 0 Å². The maximum Gasteiger partial charge on any atom is 0.202 e. The van der Waals surface area contributed by atoms with Gasteiger partial charge in [0.05, 0.1) is 23.5 Å². The number of rotatable bonds is 2. The largest absolute Gasteiger partial charge is 0.381 e. The predicted octanol–water partition coefficient (Wildman–Crippen LogP) is 2.07. The van der Waals surface area contributed by atoms with E-state index in [1.54, 1.807) is 12.4 Å².